The summed E-state index contributed by atoms with van der Waals surface area (Å²) in [6.07, 6.45) is -3.12. The van der Waals surface area contributed by atoms with E-state index >= 15 is 0 Å². The van der Waals surface area contributed by atoms with E-state index in [-0.39, 0.29) is 0 Å². The zero-order valence-corrected chi connectivity index (χ0v) is 15.0. The van der Waals surface area contributed by atoms with Gasteiger partial charge in [0.15, 0.2) is 6.29 Å². The van der Waals surface area contributed by atoms with E-state index in [4.69, 9.17) is 28.4 Å². The van der Waals surface area contributed by atoms with Crippen molar-refractivity contribution < 1.29 is 33.5 Å². The van der Waals surface area contributed by atoms with E-state index < -0.39 is 42.3 Å². The predicted molar refractivity (Wildman–Crippen MR) is 81.1 cm³/mol. The molecule has 0 bridgehead atoms. The number of aliphatic hydroxyl groups is 1. The van der Waals surface area contributed by atoms with Crippen LogP contribution in [0.5, 0.6) is 0 Å². The van der Waals surface area contributed by atoms with E-state index in [9.17, 15) is 5.11 Å². The summed E-state index contributed by atoms with van der Waals surface area (Å²) in [6, 6.07) is 0. The van der Waals surface area contributed by atoms with Gasteiger partial charge >= 0.3 is 0 Å². The van der Waals surface area contributed by atoms with Crippen molar-refractivity contribution in [2.24, 2.45) is 0 Å². The lowest BCUT2D eigenvalue weighted by Crippen LogP contribution is -2.72. The molecule has 2 aliphatic rings. The Labute approximate surface area is 138 Å². The lowest BCUT2D eigenvalue weighted by Gasteiger charge is -2.56. The Morgan fingerprint density at radius 1 is 1.05 bits per heavy atom. The minimum absolute atomic E-state index is 0.395. The third-order valence-electron chi connectivity index (χ3n) is 4.33. The molecule has 2 heterocycles. The first-order valence-electron chi connectivity index (χ1n) is 6.74. The zero-order valence-electron chi connectivity index (χ0n) is 12.9. The minimum atomic E-state index is -1.16. The average molecular weight is 418 g/mol. The van der Waals surface area contributed by atoms with Gasteiger partial charge in [-0.2, -0.15) is 0 Å². The van der Waals surface area contributed by atoms with Gasteiger partial charge < -0.3 is 33.5 Å². The Kier molecular flexibility index (Phi) is 5.52. The van der Waals surface area contributed by atoms with Crippen LogP contribution in [0.15, 0.2) is 0 Å². The van der Waals surface area contributed by atoms with Gasteiger partial charge in [0, 0.05) is 25.8 Å². The number of aliphatic hydroxyl groups excluding tert-OH is 1. The van der Waals surface area contributed by atoms with Crippen LogP contribution < -0.4 is 0 Å². The van der Waals surface area contributed by atoms with Crippen molar-refractivity contribution in [3.8, 4) is 0 Å². The summed E-state index contributed by atoms with van der Waals surface area (Å²) in [6.45, 7) is 3.44. The molecule has 0 saturated carbocycles. The molecule has 0 aliphatic carbocycles. The molecule has 7 atom stereocenters. The normalized spacial score (nSPS) is 50.7. The maximum absolute atomic E-state index is 10.5. The van der Waals surface area contributed by atoms with Crippen LogP contribution in [0.1, 0.15) is 13.8 Å². The summed E-state index contributed by atoms with van der Waals surface area (Å²) < 4.78 is 34.6. The largest absolute Gasteiger partial charge is 0.388 e. The van der Waals surface area contributed by atoms with Crippen molar-refractivity contribution in [2.75, 3.05) is 25.8 Å². The molecular formula is C13H23IO7. The van der Waals surface area contributed by atoms with Crippen molar-refractivity contribution in [1.29, 1.82) is 0 Å². The van der Waals surface area contributed by atoms with Crippen molar-refractivity contribution in [1.82, 2.24) is 0 Å². The van der Waals surface area contributed by atoms with Crippen LogP contribution in [-0.2, 0) is 28.4 Å². The molecule has 0 radical (unpaired) electrons. The molecule has 2 saturated heterocycles. The number of hydrogen-bond acceptors (Lipinski definition) is 7. The molecule has 0 amide bonds. The monoisotopic (exact) mass is 418 g/mol. The molecule has 2 rings (SSSR count). The van der Waals surface area contributed by atoms with Crippen LogP contribution in [0.3, 0.4) is 0 Å². The molecule has 0 aromatic carbocycles. The highest BCUT2D eigenvalue weighted by atomic mass is 127. The lowest BCUT2D eigenvalue weighted by molar-refractivity contribution is -0.482. The van der Waals surface area contributed by atoms with Gasteiger partial charge in [-0.15, -0.1) is 0 Å². The van der Waals surface area contributed by atoms with Gasteiger partial charge in [0.25, 0.3) is 0 Å². The van der Waals surface area contributed by atoms with Crippen molar-refractivity contribution in [3.63, 3.8) is 0 Å². The van der Waals surface area contributed by atoms with E-state index in [0.29, 0.717) is 4.43 Å². The number of alkyl halides is 1. The van der Waals surface area contributed by atoms with E-state index in [2.05, 4.69) is 22.6 Å². The van der Waals surface area contributed by atoms with E-state index in [1.165, 1.54) is 21.3 Å². The van der Waals surface area contributed by atoms with Crippen LogP contribution in [-0.4, -0.2) is 73.1 Å². The minimum Gasteiger partial charge on any atom is -0.388 e. The summed E-state index contributed by atoms with van der Waals surface area (Å²) in [7, 11) is 4.55. The molecule has 0 aromatic heterocycles. The molecule has 0 aromatic rings. The topological polar surface area (TPSA) is 75.6 Å². The summed E-state index contributed by atoms with van der Waals surface area (Å²) >= 11 is 2.15. The average Bonchev–Trinajstić information content (AvgIpc) is 2.50. The van der Waals surface area contributed by atoms with E-state index in [1.807, 2.05) is 0 Å². The van der Waals surface area contributed by atoms with Crippen LogP contribution in [0.25, 0.3) is 0 Å². The first-order valence-corrected chi connectivity index (χ1v) is 8.26. The Hall–Kier alpha value is 0.450. The molecule has 1 N–H and O–H groups in total. The molecule has 21 heavy (non-hydrogen) atoms. The Balaban J connectivity index is 2.33. The highest BCUT2D eigenvalue weighted by Gasteiger charge is 2.62. The molecular weight excluding hydrogens is 395 g/mol. The van der Waals surface area contributed by atoms with Gasteiger partial charge in [-0.05, 0) is 13.8 Å². The van der Waals surface area contributed by atoms with Crippen molar-refractivity contribution in [3.05, 3.63) is 0 Å². The fourth-order valence-corrected chi connectivity index (χ4v) is 3.40. The van der Waals surface area contributed by atoms with E-state index in [0.717, 1.165) is 0 Å². The van der Waals surface area contributed by atoms with Gasteiger partial charge in [-0.25, -0.2) is 0 Å². The smallest absolute Gasteiger partial charge is 0.220 e. The molecule has 0 unspecified atom stereocenters. The summed E-state index contributed by atoms with van der Waals surface area (Å²) in [5.74, 6) is -2.31. The quantitative estimate of drug-likeness (QED) is 0.531. The number of rotatable bonds is 4. The summed E-state index contributed by atoms with van der Waals surface area (Å²) in [5.41, 5.74) is 0. The second-order valence-electron chi connectivity index (χ2n) is 5.39. The van der Waals surface area contributed by atoms with Gasteiger partial charge in [-0.1, -0.05) is 22.6 Å². The fraction of sp³-hybridized carbons (Fsp3) is 1.00. The van der Waals surface area contributed by atoms with E-state index in [1.54, 1.807) is 13.8 Å². The Bertz CT molecular complexity index is 370. The van der Waals surface area contributed by atoms with Crippen molar-refractivity contribution in [2.45, 2.75) is 56.1 Å². The molecule has 8 heteroatoms. The molecule has 2 fully saturated rings. The fourth-order valence-electron chi connectivity index (χ4n) is 2.67. The Morgan fingerprint density at radius 2 is 1.57 bits per heavy atom. The Morgan fingerprint density at radius 3 is 2.00 bits per heavy atom. The van der Waals surface area contributed by atoms with Crippen LogP contribution in [0, 0.1) is 0 Å². The molecule has 7 nitrogen and oxygen atoms in total. The highest BCUT2D eigenvalue weighted by molar-refractivity contribution is 14.1. The zero-order chi connectivity index (χ0) is 15.8. The lowest BCUT2D eigenvalue weighted by atomic mass is 9.95. The van der Waals surface area contributed by atoms with Gasteiger partial charge in [-0.3, -0.25) is 0 Å². The third kappa shape index (κ3) is 2.85. The van der Waals surface area contributed by atoms with Crippen LogP contribution in [0.2, 0.25) is 0 Å². The predicted octanol–water partition coefficient (Wildman–Crippen LogP) is 0.663. The first kappa shape index (κ1) is 17.8. The standard InChI is InChI=1S/C13H23IO7/c1-12(17-4)13(2,18-5)21-10-9(20-12)8(15)7(6-14)19-11(10)16-3/h7-11,15H,6H2,1-5H3/t7-,8+,9+,10-,11+,12-,13-/m1/s1. The molecule has 124 valence electrons. The van der Waals surface area contributed by atoms with Crippen LogP contribution >= 0.6 is 22.6 Å². The molecule has 0 spiro atoms. The number of hydrogen-bond donors (Lipinski definition) is 1. The summed E-state index contributed by atoms with van der Waals surface area (Å²) in [4.78, 5) is 0. The van der Waals surface area contributed by atoms with Gasteiger partial charge in [0.1, 0.15) is 18.3 Å². The SMILES string of the molecule is CO[C@H]1O[C@H](CI)[C@H](O)[C@@H]2O[C@@](C)(OC)[C@](C)(OC)O[C@@H]12. The summed E-state index contributed by atoms with van der Waals surface area (Å²) in [5, 5.41) is 10.5. The maximum Gasteiger partial charge on any atom is 0.220 e. The number of methoxy groups -OCH3 is 3. The maximum atomic E-state index is 10.5. The van der Waals surface area contributed by atoms with Gasteiger partial charge in [0.05, 0.1) is 6.10 Å². The first-order chi connectivity index (χ1) is 9.85. The number of ether oxygens (including phenoxy) is 6. The van der Waals surface area contributed by atoms with Crippen molar-refractivity contribution >= 4 is 22.6 Å². The number of halogens is 1. The number of fused-ring (bicyclic) bond motifs is 1. The third-order valence-corrected chi connectivity index (χ3v) is 5.20. The second kappa shape index (κ2) is 6.52. The van der Waals surface area contributed by atoms with Crippen LogP contribution in [0.4, 0.5) is 0 Å². The highest BCUT2D eigenvalue weighted by Crippen LogP contribution is 2.43. The van der Waals surface area contributed by atoms with Gasteiger partial charge in [0.2, 0.25) is 11.6 Å². The molecule has 2 aliphatic heterocycles. The second-order valence-corrected chi connectivity index (χ2v) is 6.27.